The van der Waals surface area contributed by atoms with Crippen molar-refractivity contribution < 1.29 is 4.79 Å². The normalized spacial score (nSPS) is 15.8. The Morgan fingerprint density at radius 1 is 1.16 bits per heavy atom. The quantitative estimate of drug-likeness (QED) is 0.359. The highest BCUT2D eigenvalue weighted by atomic mass is 16.1. The van der Waals surface area contributed by atoms with Gasteiger partial charge < -0.3 is 16.0 Å². The number of hydrogen-bond donors (Lipinski definition) is 4. The number of H-pyrrole nitrogens is 1. The maximum absolute atomic E-state index is 12.0. The van der Waals surface area contributed by atoms with Crippen molar-refractivity contribution in [1.29, 1.82) is 0 Å². The smallest absolute Gasteiger partial charge is 0.229 e. The van der Waals surface area contributed by atoms with Crippen molar-refractivity contribution in [2.45, 2.75) is 44.4 Å². The van der Waals surface area contributed by atoms with Gasteiger partial charge in [-0.25, -0.2) is 10.1 Å². The molecule has 166 valence electrons. The van der Waals surface area contributed by atoms with E-state index in [9.17, 15) is 4.79 Å². The van der Waals surface area contributed by atoms with E-state index in [2.05, 4.69) is 41.6 Å². The van der Waals surface area contributed by atoms with Gasteiger partial charge >= 0.3 is 0 Å². The van der Waals surface area contributed by atoms with E-state index >= 15 is 0 Å². The number of rotatable bonds is 10. The Hall–Kier alpha value is -3.56. The monoisotopic (exact) mass is 433 g/mol. The van der Waals surface area contributed by atoms with Crippen LogP contribution in [-0.4, -0.2) is 49.6 Å². The van der Waals surface area contributed by atoms with E-state index in [1.54, 1.807) is 0 Å². The Bertz CT molecular complexity index is 1060. The van der Waals surface area contributed by atoms with E-state index in [4.69, 9.17) is 4.98 Å². The van der Waals surface area contributed by atoms with Gasteiger partial charge in [-0.2, -0.15) is 4.98 Å². The van der Waals surface area contributed by atoms with Gasteiger partial charge in [0.1, 0.15) is 5.82 Å². The lowest BCUT2D eigenvalue weighted by molar-refractivity contribution is -0.127. The van der Waals surface area contributed by atoms with Crippen LogP contribution in [0.3, 0.4) is 0 Å². The third kappa shape index (κ3) is 4.84. The second-order valence-electron chi connectivity index (χ2n) is 8.43. The predicted octanol–water partition coefficient (Wildman–Crippen LogP) is 3.00. The lowest BCUT2D eigenvalue weighted by atomic mass is 9.85. The molecule has 3 aromatic rings. The first-order valence-corrected chi connectivity index (χ1v) is 11.3. The Labute approximate surface area is 186 Å². The van der Waals surface area contributed by atoms with Crippen LogP contribution in [0.4, 0.5) is 17.5 Å². The molecule has 2 aromatic heterocycles. The standard InChI is InChI=1S/C22H27N9O/c32-21(15-4-1-5-15)24-11-3-10-23-20-18(14-8-9-14)13-25-22(27-20)26-17-7-2-6-16(12-17)19-28-30-31-29-19/h2,6-7,12-15H,1,3-5,8-11H2,(H,24,32)(H2,23,25,26,27)(H,28,29,30,31). The predicted molar refractivity (Wildman–Crippen MR) is 120 cm³/mol. The highest BCUT2D eigenvalue weighted by Gasteiger charge is 2.28. The van der Waals surface area contributed by atoms with E-state index in [0.717, 1.165) is 48.4 Å². The second kappa shape index (κ2) is 9.29. The van der Waals surface area contributed by atoms with Crippen LogP contribution < -0.4 is 16.0 Å². The summed E-state index contributed by atoms with van der Waals surface area (Å²) >= 11 is 0. The molecule has 32 heavy (non-hydrogen) atoms. The van der Waals surface area contributed by atoms with Crippen LogP contribution in [0.25, 0.3) is 11.4 Å². The average Bonchev–Trinajstić information content (AvgIpc) is 3.45. The Kier molecular flexibility index (Phi) is 5.91. The molecule has 0 bridgehead atoms. The Morgan fingerprint density at radius 3 is 2.81 bits per heavy atom. The summed E-state index contributed by atoms with van der Waals surface area (Å²) in [7, 11) is 0. The van der Waals surface area contributed by atoms with Crippen LogP contribution in [0.1, 0.15) is 50.0 Å². The van der Waals surface area contributed by atoms with Gasteiger partial charge in [0, 0.05) is 42.0 Å². The molecule has 0 radical (unpaired) electrons. The minimum absolute atomic E-state index is 0.201. The van der Waals surface area contributed by atoms with E-state index in [1.807, 2.05) is 30.5 Å². The molecule has 0 unspecified atom stereocenters. The third-order valence-corrected chi connectivity index (χ3v) is 5.99. The fourth-order valence-corrected chi connectivity index (χ4v) is 3.76. The number of benzene rings is 1. The molecule has 0 saturated heterocycles. The van der Waals surface area contributed by atoms with Gasteiger partial charge in [0.15, 0.2) is 5.82 Å². The molecule has 2 fully saturated rings. The minimum atomic E-state index is 0.201. The number of tetrazole rings is 1. The van der Waals surface area contributed by atoms with Crippen molar-refractivity contribution in [1.82, 2.24) is 35.9 Å². The van der Waals surface area contributed by atoms with Gasteiger partial charge in [0.25, 0.3) is 0 Å². The topological polar surface area (TPSA) is 133 Å². The van der Waals surface area contributed by atoms with Gasteiger partial charge in [-0.1, -0.05) is 18.6 Å². The van der Waals surface area contributed by atoms with E-state index < -0.39 is 0 Å². The van der Waals surface area contributed by atoms with Gasteiger partial charge in [0.2, 0.25) is 11.9 Å². The summed E-state index contributed by atoms with van der Waals surface area (Å²) in [6.45, 7) is 1.43. The SMILES string of the molecule is O=C(NCCCNc1nc(Nc2cccc(-c3nnn[nH]3)c2)ncc1C1CC1)C1CCC1. The number of aromatic nitrogens is 6. The largest absolute Gasteiger partial charge is 0.370 e. The summed E-state index contributed by atoms with van der Waals surface area (Å²) in [5.41, 5.74) is 2.88. The maximum atomic E-state index is 12.0. The molecule has 0 atom stereocenters. The molecule has 1 aromatic carbocycles. The van der Waals surface area contributed by atoms with E-state index in [1.165, 1.54) is 19.3 Å². The molecule has 2 aliphatic carbocycles. The van der Waals surface area contributed by atoms with Crippen molar-refractivity contribution >= 4 is 23.4 Å². The molecule has 0 aliphatic heterocycles. The first-order valence-electron chi connectivity index (χ1n) is 11.3. The number of carbonyl (C=O) groups is 1. The summed E-state index contributed by atoms with van der Waals surface area (Å²) in [5, 5.41) is 23.7. The first-order chi connectivity index (χ1) is 15.8. The molecule has 2 aliphatic rings. The van der Waals surface area contributed by atoms with Crippen molar-refractivity contribution in [3.05, 3.63) is 36.0 Å². The van der Waals surface area contributed by atoms with Crippen LogP contribution in [-0.2, 0) is 4.79 Å². The zero-order valence-corrected chi connectivity index (χ0v) is 17.8. The molecule has 10 heteroatoms. The van der Waals surface area contributed by atoms with E-state index in [0.29, 0.717) is 24.2 Å². The van der Waals surface area contributed by atoms with Crippen molar-refractivity contribution in [3.63, 3.8) is 0 Å². The summed E-state index contributed by atoms with van der Waals surface area (Å²) in [6, 6.07) is 7.75. The number of nitrogens with zero attached hydrogens (tertiary/aromatic N) is 5. The summed E-state index contributed by atoms with van der Waals surface area (Å²) in [5.74, 6) is 2.97. The number of nitrogens with one attached hydrogen (secondary N) is 4. The van der Waals surface area contributed by atoms with E-state index in [-0.39, 0.29) is 11.8 Å². The van der Waals surface area contributed by atoms with Crippen LogP contribution in [0.2, 0.25) is 0 Å². The number of amides is 1. The number of aromatic amines is 1. The molecule has 10 nitrogen and oxygen atoms in total. The van der Waals surface area contributed by atoms with Crippen LogP contribution in [0.15, 0.2) is 30.5 Å². The van der Waals surface area contributed by atoms with Crippen molar-refractivity contribution in [2.24, 2.45) is 5.92 Å². The Balaban J connectivity index is 1.20. The maximum Gasteiger partial charge on any atom is 0.229 e. The molecule has 2 heterocycles. The summed E-state index contributed by atoms with van der Waals surface area (Å²) < 4.78 is 0. The average molecular weight is 434 g/mol. The zero-order valence-electron chi connectivity index (χ0n) is 17.8. The molecule has 5 rings (SSSR count). The molecular weight excluding hydrogens is 406 g/mol. The second-order valence-corrected chi connectivity index (χ2v) is 8.43. The Morgan fingerprint density at radius 2 is 2.06 bits per heavy atom. The number of hydrogen-bond acceptors (Lipinski definition) is 8. The highest BCUT2D eigenvalue weighted by Crippen LogP contribution is 2.42. The molecule has 1 amide bonds. The van der Waals surface area contributed by atoms with Gasteiger partial charge in [-0.3, -0.25) is 4.79 Å². The highest BCUT2D eigenvalue weighted by molar-refractivity contribution is 5.79. The minimum Gasteiger partial charge on any atom is -0.370 e. The summed E-state index contributed by atoms with van der Waals surface area (Å²) in [4.78, 5) is 21.2. The molecule has 2 saturated carbocycles. The zero-order chi connectivity index (χ0) is 21.8. The molecule has 4 N–H and O–H groups in total. The molecule has 0 spiro atoms. The van der Waals surface area contributed by atoms with Crippen LogP contribution in [0.5, 0.6) is 0 Å². The summed E-state index contributed by atoms with van der Waals surface area (Å²) in [6.07, 6.45) is 8.36. The van der Waals surface area contributed by atoms with Crippen LogP contribution >= 0.6 is 0 Å². The number of anilines is 3. The van der Waals surface area contributed by atoms with Gasteiger partial charge in [-0.05, 0) is 60.6 Å². The third-order valence-electron chi connectivity index (χ3n) is 5.99. The first kappa shape index (κ1) is 20.3. The van der Waals surface area contributed by atoms with Gasteiger partial charge in [0.05, 0.1) is 0 Å². The fourth-order valence-electron chi connectivity index (χ4n) is 3.76. The number of carbonyl (C=O) groups excluding carboxylic acids is 1. The lowest BCUT2D eigenvalue weighted by Gasteiger charge is -2.24. The van der Waals surface area contributed by atoms with Crippen molar-refractivity contribution in [3.8, 4) is 11.4 Å². The molecular formula is C22H27N9O. The fraction of sp³-hybridized carbons (Fsp3) is 0.455. The van der Waals surface area contributed by atoms with Gasteiger partial charge in [-0.15, -0.1) is 5.10 Å². The van der Waals surface area contributed by atoms with Crippen molar-refractivity contribution in [2.75, 3.05) is 23.7 Å². The lowest BCUT2D eigenvalue weighted by Crippen LogP contribution is -2.35. The van der Waals surface area contributed by atoms with Crippen LogP contribution in [0, 0.1) is 5.92 Å².